The molecule has 1 aromatic rings. The van der Waals surface area contributed by atoms with Crippen molar-refractivity contribution in [3.8, 4) is 0 Å². The molecule has 2 aliphatic rings. The van der Waals surface area contributed by atoms with E-state index in [0.717, 1.165) is 11.1 Å². The second-order valence-corrected chi connectivity index (χ2v) is 10.2. The van der Waals surface area contributed by atoms with E-state index < -0.39 is 0 Å². The van der Waals surface area contributed by atoms with Gasteiger partial charge >= 0.3 is 0 Å². The monoisotopic (exact) mass is 526 g/mol. The van der Waals surface area contributed by atoms with Crippen LogP contribution < -0.4 is 0 Å². The van der Waals surface area contributed by atoms with Crippen LogP contribution in [0, 0.1) is 11.8 Å². The van der Waals surface area contributed by atoms with E-state index in [1.54, 1.807) is 0 Å². The van der Waals surface area contributed by atoms with Gasteiger partial charge in [0.1, 0.15) is 24.2 Å². The molecule has 8 nitrogen and oxygen atoms in total. The first-order chi connectivity index (χ1) is 18.3. The van der Waals surface area contributed by atoms with Gasteiger partial charge in [0.05, 0.1) is 26.4 Å². The molecule has 0 amide bonds. The van der Waals surface area contributed by atoms with Crippen molar-refractivity contribution in [2.24, 2.45) is 31.8 Å². The van der Waals surface area contributed by atoms with Crippen LogP contribution in [0.3, 0.4) is 0 Å². The average Bonchev–Trinajstić information content (AvgIpc) is 2.88. The van der Waals surface area contributed by atoms with Gasteiger partial charge in [0.2, 0.25) is 23.6 Å². The molecule has 0 bridgehead atoms. The molecule has 1 aromatic carbocycles. The first-order valence-electron chi connectivity index (χ1n) is 14.2. The van der Waals surface area contributed by atoms with Crippen LogP contribution in [0.25, 0.3) is 0 Å². The fourth-order valence-corrected chi connectivity index (χ4v) is 4.62. The number of rotatable bonds is 10. The molecule has 2 aliphatic heterocycles. The van der Waals surface area contributed by atoms with Crippen LogP contribution in [0.15, 0.2) is 44.2 Å². The Kier molecular flexibility index (Phi) is 11.2. The average molecular weight is 527 g/mol. The summed E-state index contributed by atoms with van der Waals surface area (Å²) >= 11 is 0. The highest BCUT2D eigenvalue weighted by molar-refractivity contribution is 5.95. The van der Waals surface area contributed by atoms with Gasteiger partial charge in [-0.2, -0.15) is 0 Å². The molecule has 210 valence electrons. The maximum absolute atomic E-state index is 5.92. The summed E-state index contributed by atoms with van der Waals surface area (Å²) in [5.41, 5.74) is 2.32. The Bertz CT molecular complexity index is 933. The van der Waals surface area contributed by atoms with Gasteiger partial charge in [0, 0.05) is 12.8 Å². The standard InChI is InChI=1S/C30H46N4O4/c1-9-35-27-23(31-29(37-11-3)25(33-27)19(5)6)17-21-13-15-22(16-14-21)18-24-28(36-10-2)34-26(20(7)8)30(32-24)38-12-4/h13-16,19-20,23-26H,9-12,17-18H2,1-8H3/t23-,24-,25+,26+/m1/s1. The minimum Gasteiger partial charge on any atom is -0.480 e. The van der Waals surface area contributed by atoms with Gasteiger partial charge in [0.25, 0.3) is 0 Å². The van der Waals surface area contributed by atoms with Crippen LogP contribution in [0.2, 0.25) is 0 Å². The van der Waals surface area contributed by atoms with Gasteiger partial charge in [-0.1, -0.05) is 52.0 Å². The number of aliphatic imine (C=N–C) groups is 4. The zero-order valence-corrected chi connectivity index (χ0v) is 24.4. The molecule has 0 aromatic heterocycles. The van der Waals surface area contributed by atoms with Crippen molar-refractivity contribution in [1.29, 1.82) is 0 Å². The highest BCUT2D eigenvalue weighted by Gasteiger charge is 2.33. The maximum Gasteiger partial charge on any atom is 0.210 e. The molecule has 2 heterocycles. The van der Waals surface area contributed by atoms with Crippen molar-refractivity contribution < 1.29 is 18.9 Å². The minimum absolute atomic E-state index is 0.107. The third-order valence-corrected chi connectivity index (χ3v) is 6.49. The molecular formula is C30H46N4O4. The van der Waals surface area contributed by atoms with E-state index in [1.807, 2.05) is 27.7 Å². The van der Waals surface area contributed by atoms with E-state index in [0.29, 0.717) is 62.9 Å². The Morgan fingerprint density at radius 3 is 1.13 bits per heavy atom. The molecule has 8 heteroatoms. The normalized spacial score (nSPS) is 23.4. The van der Waals surface area contributed by atoms with Crippen LogP contribution in [0.5, 0.6) is 0 Å². The first kappa shape index (κ1) is 29.7. The molecule has 0 spiro atoms. The van der Waals surface area contributed by atoms with Crippen molar-refractivity contribution in [2.75, 3.05) is 26.4 Å². The van der Waals surface area contributed by atoms with Gasteiger partial charge in [0.15, 0.2) is 0 Å². The summed E-state index contributed by atoms with van der Waals surface area (Å²) in [6, 6.07) is 7.98. The number of hydrogen-bond donors (Lipinski definition) is 0. The summed E-state index contributed by atoms with van der Waals surface area (Å²) in [6.07, 6.45) is 1.39. The van der Waals surface area contributed by atoms with Gasteiger partial charge < -0.3 is 18.9 Å². The van der Waals surface area contributed by atoms with E-state index >= 15 is 0 Å². The summed E-state index contributed by atoms with van der Waals surface area (Å²) < 4.78 is 23.6. The predicted octanol–water partition coefficient (Wildman–Crippen LogP) is 5.33. The minimum atomic E-state index is -0.196. The van der Waals surface area contributed by atoms with Crippen molar-refractivity contribution in [3.63, 3.8) is 0 Å². The van der Waals surface area contributed by atoms with E-state index in [2.05, 4.69) is 52.0 Å². The van der Waals surface area contributed by atoms with Crippen molar-refractivity contribution in [1.82, 2.24) is 0 Å². The highest BCUT2D eigenvalue weighted by Crippen LogP contribution is 2.23. The molecule has 0 saturated carbocycles. The quantitative estimate of drug-likeness (QED) is 0.413. The summed E-state index contributed by atoms with van der Waals surface area (Å²) in [4.78, 5) is 19.7. The first-order valence-corrected chi connectivity index (χ1v) is 14.2. The molecule has 0 saturated heterocycles. The number of nitrogens with zero attached hydrogens (tertiary/aromatic N) is 4. The van der Waals surface area contributed by atoms with Gasteiger partial charge in [-0.3, -0.25) is 0 Å². The largest absolute Gasteiger partial charge is 0.480 e. The van der Waals surface area contributed by atoms with Crippen LogP contribution in [-0.4, -0.2) is 74.2 Å². The molecule has 0 radical (unpaired) electrons. The van der Waals surface area contributed by atoms with E-state index in [9.17, 15) is 0 Å². The Labute approximate surface area is 228 Å². The Hall–Kier alpha value is -2.90. The van der Waals surface area contributed by atoms with Crippen LogP contribution >= 0.6 is 0 Å². The number of ether oxygens (including phenoxy) is 4. The van der Waals surface area contributed by atoms with E-state index in [4.69, 9.17) is 38.9 Å². The molecule has 4 atom stereocenters. The summed E-state index contributed by atoms with van der Waals surface area (Å²) in [5.74, 6) is 3.35. The Balaban J connectivity index is 1.77. The van der Waals surface area contributed by atoms with Crippen LogP contribution in [0.4, 0.5) is 0 Å². The third kappa shape index (κ3) is 7.58. The van der Waals surface area contributed by atoms with E-state index in [-0.39, 0.29) is 36.0 Å². The molecule has 0 unspecified atom stereocenters. The molecule has 3 rings (SSSR count). The fourth-order valence-electron chi connectivity index (χ4n) is 4.62. The number of benzene rings is 1. The molecule has 0 aliphatic carbocycles. The smallest absolute Gasteiger partial charge is 0.210 e. The molecule has 38 heavy (non-hydrogen) atoms. The van der Waals surface area contributed by atoms with Gasteiger partial charge in [-0.05, 0) is 50.7 Å². The topological polar surface area (TPSA) is 86.4 Å². The second-order valence-electron chi connectivity index (χ2n) is 10.2. The van der Waals surface area contributed by atoms with Crippen LogP contribution in [0.1, 0.15) is 66.5 Å². The highest BCUT2D eigenvalue weighted by atomic mass is 16.5. The third-order valence-electron chi connectivity index (χ3n) is 6.49. The van der Waals surface area contributed by atoms with Gasteiger partial charge in [-0.15, -0.1) is 0 Å². The Morgan fingerprint density at radius 1 is 0.526 bits per heavy atom. The molecule has 0 fully saturated rings. The predicted molar refractivity (Wildman–Crippen MR) is 155 cm³/mol. The molecule has 0 N–H and O–H groups in total. The van der Waals surface area contributed by atoms with Crippen molar-refractivity contribution >= 4 is 23.6 Å². The van der Waals surface area contributed by atoms with Crippen molar-refractivity contribution in [3.05, 3.63) is 35.4 Å². The second kappa shape index (κ2) is 14.3. The summed E-state index contributed by atoms with van der Waals surface area (Å²) in [7, 11) is 0. The SMILES string of the molecule is CCOC1=N[C@H](Cc2ccc(C[C@H]3N=C(OCC)[C@H](C(C)C)N=C3OCC)cc2)C(OCC)=N[C@H]1C(C)C. The summed E-state index contributed by atoms with van der Waals surface area (Å²) in [6.45, 7) is 18.7. The van der Waals surface area contributed by atoms with Gasteiger partial charge in [-0.25, -0.2) is 20.0 Å². The zero-order chi connectivity index (χ0) is 27.7. The Morgan fingerprint density at radius 2 is 0.842 bits per heavy atom. The zero-order valence-electron chi connectivity index (χ0n) is 24.4. The lowest BCUT2D eigenvalue weighted by atomic mass is 9.98. The van der Waals surface area contributed by atoms with Crippen molar-refractivity contribution in [2.45, 2.75) is 92.4 Å². The van der Waals surface area contributed by atoms with E-state index in [1.165, 1.54) is 0 Å². The summed E-state index contributed by atoms with van der Waals surface area (Å²) in [5, 5.41) is 0. The number of hydrogen-bond acceptors (Lipinski definition) is 8. The fraction of sp³-hybridized carbons (Fsp3) is 0.667. The maximum atomic E-state index is 5.92. The molecular weight excluding hydrogens is 480 g/mol. The lowest BCUT2D eigenvalue weighted by molar-refractivity contribution is 0.275. The lowest BCUT2D eigenvalue weighted by Crippen LogP contribution is -2.39. The van der Waals surface area contributed by atoms with Crippen LogP contribution in [-0.2, 0) is 31.8 Å². The lowest BCUT2D eigenvalue weighted by Gasteiger charge is -2.28.